The summed E-state index contributed by atoms with van der Waals surface area (Å²) in [5, 5.41) is 2.20. The summed E-state index contributed by atoms with van der Waals surface area (Å²) in [5.74, 6) is -0.441. The summed E-state index contributed by atoms with van der Waals surface area (Å²) in [4.78, 5) is 24.0. The summed E-state index contributed by atoms with van der Waals surface area (Å²) in [6.45, 7) is 2.13. The number of carbonyl (C=O) groups is 2. The maximum atomic E-state index is 14.1. The van der Waals surface area contributed by atoms with E-state index in [-0.39, 0.29) is 24.0 Å². The summed E-state index contributed by atoms with van der Waals surface area (Å²) in [6.07, 6.45) is 1.61. The number of hydrogen-bond acceptors (Lipinski definition) is 5. The lowest BCUT2D eigenvalue weighted by molar-refractivity contribution is -0.118. The van der Waals surface area contributed by atoms with E-state index in [2.05, 4.69) is 10.0 Å². The molecule has 1 saturated heterocycles. The first-order valence-corrected chi connectivity index (χ1v) is 12.0. The van der Waals surface area contributed by atoms with Gasteiger partial charge in [0.15, 0.2) is 11.6 Å². The summed E-state index contributed by atoms with van der Waals surface area (Å²) in [5.41, 5.74) is 0.575. The molecule has 0 aromatic heterocycles. The number of carbonyl (C=O) groups excluding carboxylic acids is 2. The van der Waals surface area contributed by atoms with Crippen LogP contribution in [-0.2, 0) is 14.8 Å². The second-order valence-corrected chi connectivity index (χ2v) is 9.47. The van der Waals surface area contributed by atoms with Gasteiger partial charge in [0.25, 0.3) is 0 Å². The van der Waals surface area contributed by atoms with Crippen LogP contribution in [0.15, 0.2) is 48.5 Å². The highest BCUT2D eigenvalue weighted by molar-refractivity contribution is 7.89. The summed E-state index contributed by atoms with van der Waals surface area (Å²) in [7, 11) is -3.56. The fraction of sp³-hybridized carbons (Fsp3) is 0.364. The van der Waals surface area contributed by atoms with E-state index in [4.69, 9.17) is 4.74 Å². The van der Waals surface area contributed by atoms with Gasteiger partial charge in [0, 0.05) is 12.6 Å². The van der Waals surface area contributed by atoms with Gasteiger partial charge in [-0.1, -0.05) is 30.7 Å². The zero-order valence-electron chi connectivity index (χ0n) is 17.7. The van der Waals surface area contributed by atoms with Gasteiger partial charge < -0.3 is 9.64 Å². The number of rotatable bonds is 11. The number of imide groups is 1. The molecule has 1 atom stereocenters. The van der Waals surface area contributed by atoms with Crippen molar-refractivity contribution in [1.82, 2.24) is 14.9 Å². The number of ether oxygens (including phenoxy) is 1. The molecule has 172 valence electrons. The first kappa shape index (κ1) is 23.7. The number of unbranched alkanes of at least 4 members (excludes halogenated alkanes) is 2. The molecule has 3 rings (SSSR count). The Morgan fingerprint density at radius 1 is 1.12 bits per heavy atom. The average Bonchev–Trinajstić information content (AvgIpc) is 3.06. The largest absolute Gasteiger partial charge is 0.454 e. The smallest absolute Gasteiger partial charge is 0.324 e. The normalized spacial score (nSPS) is 15.0. The highest BCUT2D eigenvalue weighted by Crippen LogP contribution is 2.27. The highest BCUT2D eigenvalue weighted by atomic mass is 32.2. The number of para-hydroxylation sites is 1. The Bertz CT molecular complexity index is 1060. The monoisotopic (exact) mass is 463 g/mol. The maximum Gasteiger partial charge on any atom is 0.324 e. The Kier molecular flexibility index (Phi) is 7.81. The number of urea groups is 1. The SMILES string of the molecule is C[C@@H](NS(=O)(=O)CCCCCN1CC(=O)NC1=O)c1ccc(F)c(Oc2ccccc2)c1. The van der Waals surface area contributed by atoms with E-state index in [0.717, 1.165) is 0 Å². The maximum absolute atomic E-state index is 14.1. The Balaban J connectivity index is 1.48. The van der Waals surface area contributed by atoms with Crippen molar-refractivity contribution in [2.24, 2.45) is 0 Å². The van der Waals surface area contributed by atoms with Crippen molar-refractivity contribution in [3.8, 4) is 11.5 Å². The molecular weight excluding hydrogens is 437 g/mol. The Morgan fingerprint density at radius 3 is 2.56 bits per heavy atom. The predicted molar refractivity (Wildman–Crippen MR) is 117 cm³/mol. The molecular formula is C22H26FN3O5S. The van der Waals surface area contributed by atoms with Gasteiger partial charge in [-0.2, -0.15) is 0 Å². The molecule has 1 fully saturated rings. The minimum Gasteiger partial charge on any atom is -0.454 e. The quantitative estimate of drug-likeness (QED) is 0.393. The van der Waals surface area contributed by atoms with Crippen molar-refractivity contribution < 1.29 is 27.1 Å². The van der Waals surface area contributed by atoms with Crippen molar-refractivity contribution >= 4 is 22.0 Å². The Labute approximate surface area is 186 Å². The van der Waals surface area contributed by atoms with Gasteiger partial charge in [-0.15, -0.1) is 0 Å². The molecule has 3 amide bonds. The van der Waals surface area contributed by atoms with Crippen LogP contribution in [0.5, 0.6) is 11.5 Å². The van der Waals surface area contributed by atoms with Crippen LogP contribution in [0.2, 0.25) is 0 Å². The number of nitrogens with zero attached hydrogens (tertiary/aromatic N) is 1. The molecule has 2 aromatic carbocycles. The van der Waals surface area contributed by atoms with E-state index in [1.807, 2.05) is 6.07 Å². The zero-order valence-corrected chi connectivity index (χ0v) is 18.5. The molecule has 1 aliphatic heterocycles. The third-order valence-electron chi connectivity index (χ3n) is 4.99. The molecule has 2 N–H and O–H groups in total. The lowest BCUT2D eigenvalue weighted by Crippen LogP contribution is -2.30. The van der Waals surface area contributed by atoms with Crippen LogP contribution in [0, 0.1) is 5.82 Å². The van der Waals surface area contributed by atoms with Crippen molar-refractivity contribution in [2.75, 3.05) is 18.8 Å². The Hall–Kier alpha value is -2.98. The van der Waals surface area contributed by atoms with Gasteiger partial charge in [-0.3, -0.25) is 10.1 Å². The lowest BCUT2D eigenvalue weighted by atomic mass is 10.1. The Morgan fingerprint density at radius 2 is 1.88 bits per heavy atom. The summed E-state index contributed by atoms with van der Waals surface area (Å²) < 4.78 is 47.2. The third-order valence-corrected chi connectivity index (χ3v) is 6.53. The van der Waals surface area contributed by atoms with Crippen molar-refractivity contribution in [3.05, 3.63) is 59.9 Å². The summed E-state index contributed by atoms with van der Waals surface area (Å²) in [6, 6.07) is 12.0. The molecule has 8 nitrogen and oxygen atoms in total. The summed E-state index contributed by atoms with van der Waals surface area (Å²) >= 11 is 0. The average molecular weight is 464 g/mol. The van der Waals surface area contributed by atoms with E-state index in [0.29, 0.717) is 37.1 Å². The van der Waals surface area contributed by atoms with Crippen LogP contribution in [0.1, 0.15) is 37.8 Å². The van der Waals surface area contributed by atoms with Gasteiger partial charge in [-0.25, -0.2) is 22.3 Å². The van der Waals surface area contributed by atoms with Crippen LogP contribution in [0.3, 0.4) is 0 Å². The first-order chi connectivity index (χ1) is 15.2. The van der Waals surface area contributed by atoms with Gasteiger partial charge in [0.2, 0.25) is 15.9 Å². The van der Waals surface area contributed by atoms with Crippen LogP contribution >= 0.6 is 0 Å². The molecule has 2 aromatic rings. The van der Waals surface area contributed by atoms with Gasteiger partial charge >= 0.3 is 6.03 Å². The first-order valence-electron chi connectivity index (χ1n) is 10.3. The lowest BCUT2D eigenvalue weighted by Gasteiger charge is -2.16. The van der Waals surface area contributed by atoms with Gasteiger partial charge in [0.05, 0.1) is 5.75 Å². The molecule has 0 aliphatic carbocycles. The molecule has 0 radical (unpaired) electrons. The zero-order chi connectivity index (χ0) is 23.1. The van der Waals surface area contributed by atoms with Gasteiger partial charge in [0.1, 0.15) is 12.3 Å². The van der Waals surface area contributed by atoms with E-state index in [1.54, 1.807) is 31.2 Å². The van der Waals surface area contributed by atoms with Crippen molar-refractivity contribution in [3.63, 3.8) is 0 Å². The topological polar surface area (TPSA) is 105 Å². The molecule has 10 heteroatoms. The standard InChI is InChI=1S/C22H26FN3O5S/c1-16(17-10-11-19(23)20(14-17)31-18-8-4-2-5-9-18)25-32(29,30)13-7-3-6-12-26-15-21(27)24-22(26)28/h2,4-5,8-11,14,16,25H,3,6-7,12-13,15H2,1H3,(H,24,27,28)/t16-/m1/s1. The van der Waals surface area contributed by atoms with Crippen LogP contribution in [0.4, 0.5) is 9.18 Å². The molecule has 0 saturated carbocycles. The van der Waals surface area contributed by atoms with Crippen molar-refractivity contribution in [1.29, 1.82) is 0 Å². The van der Waals surface area contributed by atoms with Crippen LogP contribution in [0.25, 0.3) is 0 Å². The van der Waals surface area contributed by atoms with Crippen molar-refractivity contribution in [2.45, 2.75) is 32.2 Å². The van der Waals surface area contributed by atoms with E-state index in [1.165, 1.54) is 23.1 Å². The fourth-order valence-corrected chi connectivity index (χ4v) is 4.69. The molecule has 32 heavy (non-hydrogen) atoms. The molecule has 0 spiro atoms. The molecule has 1 aliphatic rings. The minimum atomic E-state index is -3.56. The minimum absolute atomic E-state index is 0.0178. The van der Waals surface area contributed by atoms with Crippen LogP contribution < -0.4 is 14.8 Å². The van der Waals surface area contributed by atoms with Crippen LogP contribution in [-0.4, -0.2) is 44.1 Å². The van der Waals surface area contributed by atoms with E-state index < -0.39 is 27.9 Å². The van der Waals surface area contributed by atoms with E-state index in [9.17, 15) is 22.4 Å². The van der Waals surface area contributed by atoms with Gasteiger partial charge in [-0.05, 0) is 49.6 Å². The number of sulfonamides is 1. The predicted octanol–water partition coefficient (Wildman–Crippen LogP) is 3.32. The third kappa shape index (κ3) is 6.76. The number of amides is 3. The molecule has 1 heterocycles. The second-order valence-electron chi connectivity index (χ2n) is 7.60. The number of hydrogen-bond donors (Lipinski definition) is 2. The number of benzene rings is 2. The molecule has 0 bridgehead atoms. The second kappa shape index (κ2) is 10.6. The van der Waals surface area contributed by atoms with E-state index >= 15 is 0 Å². The number of halogens is 1. The molecule has 0 unspecified atom stereocenters. The highest BCUT2D eigenvalue weighted by Gasteiger charge is 2.25. The fourth-order valence-electron chi connectivity index (χ4n) is 3.31. The number of nitrogens with one attached hydrogen (secondary N) is 2.